The van der Waals surface area contributed by atoms with E-state index in [4.69, 9.17) is 9.47 Å². The lowest BCUT2D eigenvalue weighted by Crippen LogP contribution is -2.36. The molecule has 2 heterocycles. The first-order chi connectivity index (χ1) is 7.22. The smallest absolute Gasteiger partial charge is 0.105 e. The maximum absolute atomic E-state index is 5.67. The number of rotatable bonds is 4. The molecule has 0 amide bonds. The van der Waals surface area contributed by atoms with Crippen molar-refractivity contribution in [2.75, 3.05) is 13.2 Å². The lowest BCUT2D eigenvalue weighted by Gasteiger charge is -2.25. The SMILES string of the molecule is CCc1nn(C)c(COC2COC2)c1Br. The van der Waals surface area contributed by atoms with Crippen LogP contribution in [0.25, 0.3) is 0 Å². The van der Waals surface area contributed by atoms with Crippen LogP contribution in [0.15, 0.2) is 4.47 Å². The van der Waals surface area contributed by atoms with E-state index in [-0.39, 0.29) is 6.10 Å². The van der Waals surface area contributed by atoms with Crippen LogP contribution in [-0.4, -0.2) is 29.1 Å². The third kappa shape index (κ3) is 2.24. The summed E-state index contributed by atoms with van der Waals surface area (Å²) in [6, 6.07) is 0. The molecule has 4 nitrogen and oxygen atoms in total. The van der Waals surface area contributed by atoms with Gasteiger partial charge in [-0.25, -0.2) is 0 Å². The first kappa shape index (κ1) is 11.1. The Bertz CT molecular complexity index is 347. The fourth-order valence-corrected chi connectivity index (χ4v) is 2.21. The lowest BCUT2D eigenvalue weighted by molar-refractivity contribution is -0.136. The number of aromatic nitrogens is 2. The Kier molecular flexibility index (Phi) is 3.43. The van der Waals surface area contributed by atoms with Crippen LogP contribution < -0.4 is 0 Å². The zero-order chi connectivity index (χ0) is 10.8. The molecular formula is C10H15BrN2O2. The number of aryl methyl sites for hydroxylation is 2. The van der Waals surface area contributed by atoms with Gasteiger partial charge in [-0.1, -0.05) is 6.92 Å². The summed E-state index contributed by atoms with van der Waals surface area (Å²) < 4.78 is 13.7. The van der Waals surface area contributed by atoms with Crippen LogP contribution in [0.1, 0.15) is 18.3 Å². The summed E-state index contributed by atoms with van der Waals surface area (Å²) in [7, 11) is 1.94. The van der Waals surface area contributed by atoms with Crippen LogP contribution >= 0.6 is 15.9 Å². The summed E-state index contributed by atoms with van der Waals surface area (Å²) >= 11 is 3.56. The molecule has 1 aromatic rings. The van der Waals surface area contributed by atoms with Crippen LogP contribution in [0.5, 0.6) is 0 Å². The Morgan fingerprint density at radius 2 is 2.33 bits per heavy atom. The topological polar surface area (TPSA) is 36.3 Å². The molecule has 0 aliphatic carbocycles. The van der Waals surface area contributed by atoms with E-state index in [1.165, 1.54) is 0 Å². The van der Waals surface area contributed by atoms with Crippen molar-refractivity contribution in [3.05, 3.63) is 15.9 Å². The van der Waals surface area contributed by atoms with Crippen molar-refractivity contribution in [2.24, 2.45) is 7.05 Å². The lowest BCUT2D eigenvalue weighted by atomic mass is 10.3. The average molecular weight is 275 g/mol. The second-order valence-electron chi connectivity index (χ2n) is 3.66. The molecule has 0 aromatic carbocycles. The number of ether oxygens (including phenoxy) is 2. The maximum Gasteiger partial charge on any atom is 0.105 e. The molecular weight excluding hydrogens is 260 g/mol. The summed E-state index contributed by atoms with van der Waals surface area (Å²) in [5.74, 6) is 0. The van der Waals surface area contributed by atoms with Crippen LogP contribution in [0.4, 0.5) is 0 Å². The van der Waals surface area contributed by atoms with Crippen molar-refractivity contribution in [1.29, 1.82) is 0 Å². The minimum absolute atomic E-state index is 0.261. The minimum atomic E-state index is 0.261. The third-order valence-electron chi connectivity index (χ3n) is 2.57. The van der Waals surface area contributed by atoms with Crippen LogP contribution in [0.3, 0.4) is 0 Å². The molecule has 2 rings (SSSR count). The van der Waals surface area contributed by atoms with Gasteiger partial charge >= 0.3 is 0 Å². The molecule has 1 saturated heterocycles. The van der Waals surface area contributed by atoms with Crippen molar-refractivity contribution in [1.82, 2.24) is 9.78 Å². The van der Waals surface area contributed by atoms with Gasteiger partial charge in [-0.2, -0.15) is 5.10 Å². The summed E-state index contributed by atoms with van der Waals surface area (Å²) in [5.41, 5.74) is 2.18. The van der Waals surface area contributed by atoms with Crippen molar-refractivity contribution in [3.63, 3.8) is 0 Å². The highest BCUT2D eigenvalue weighted by Gasteiger charge is 2.20. The molecule has 0 N–H and O–H groups in total. The molecule has 0 saturated carbocycles. The van der Waals surface area contributed by atoms with Gasteiger partial charge in [-0.3, -0.25) is 4.68 Å². The molecule has 0 spiro atoms. The van der Waals surface area contributed by atoms with Gasteiger partial charge < -0.3 is 9.47 Å². The van der Waals surface area contributed by atoms with E-state index in [1.54, 1.807) is 0 Å². The molecule has 0 unspecified atom stereocenters. The minimum Gasteiger partial charge on any atom is -0.376 e. The van der Waals surface area contributed by atoms with E-state index in [0.717, 1.165) is 35.5 Å². The molecule has 15 heavy (non-hydrogen) atoms. The van der Waals surface area contributed by atoms with Crippen molar-refractivity contribution in [3.8, 4) is 0 Å². The summed E-state index contributed by atoms with van der Waals surface area (Å²) in [6.07, 6.45) is 1.19. The van der Waals surface area contributed by atoms with Gasteiger partial charge in [-0.15, -0.1) is 0 Å². The Morgan fingerprint density at radius 1 is 1.60 bits per heavy atom. The Morgan fingerprint density at radius 3 is 2.80 bits per heavy atom. The third-order valence-corrected chi connectivity index (χ3v) is 3.48. The van der Waals surface area contributed by atoms with E-state index in [1.807, 2.05) is 11.7 Å². The zero-order valence-corrected chi connectivity index (χ0v) is 10.6. The van der Waals surface area contributed by atoms with Crippen molar-refractivity contribution in [2.45, 2.75) is 26.1 Å². The predicted octanol–water partition coefficient (Wildman–Crippen LogP) is 1.66. The summed E-state index contributed by atoms with van der Waals surface area (Å²) in [4.78, 5) is 0. The highest BCUT2D eigenvalue weighted by Crippen LogP contribution is 2.23. The maximum atomic E-state index is 5.67. The van der Waals surface area contributed by atoms with Gasteiger partial charge in [0.25, 0.3) is 0 Å². The monoisotopic (exact) mass is 274 g/mol. The normalized spacial score (nSPS) is 16.7. The van der Waals surface area contributed by atoms with E-state index >= 15 is 0 Å². The van der Waals surface area contributed by atoms with E-state index in [9.17, 15) is 0 Å². The van der Waals surface area contributed by atoms with Crippen LogP contribution in [0, 0.1) is 0 Å². The van der Waals surface area contributed by atoms with E-state index in [2.05, 4.69) is 28.0 Å². The molecule has 84 valence electrons. The standard InChI is InChI=1S/C10H15BrN2O2/c1-3-8-10(11)9(13(2)12-8)6-15-7-4-14-5-7/h7H,3-6H2,1-2H3. The van der Waals surface area contributed by atoms with Crippen LogP contribution in [0.2, 0.25) is 0 Å². The largest absolute Gasteiger partial charge is 0.376 e. The molecule has 1 aliphatic rings. The number of hydrogen-bond acceptors (Lipinski definition) is 3. The molecule has 0 bridgehead atoms. The second-order valence-corrected chi connectivity index (χ2v) is 4.45. The van der Waals surface area contributed by atoms with Gasteiger partial charge in [0.1, 0.15) is 6.10 Å². The number of hydrogen-bond donors (Lipinski definition) is 0. The van der Waals surface area contributed by atoms with E-state index < -0.39 is 0 Å². The quantitative estimate of drug-likeness (QED) is 0.838. The van der Waals surface area contributed by atoms with Gasteiger partial charge in [-0.05, 0) is 22.4 Å². The van der Waals surface area contributed by atoms with Gasteiger partial charge in [0.05, 0.1) is 35.7 Å². The molecule has 0 atom stereocenters. The van der Waals surface area contributed by atoms with Crippen molar-refractivity contribution < 1.29 is 9.47 Å². The highest BCUT2D eigenvalue weighted by molar-refractivity contribution is 9.10. The number of halogens is 1. The second kappa shape index (κ2) is 4.63. The molecule has 1 aliphatic heterocycles. The molecule has 5 heteroatoms. The van der Waals surface area contributed by atoms with Gasteiger partial charge in [0.15, 0.2) is 0 Å². The first-order valence-corrected chi connectivity index (χ1v) is 5.91. The number of nitrogens with zero attached hydrogens (tertiary/aromatic N) is 2. The van der Waals surface area contributed by atoms with E-state index in [0.29, 0.717) is 6.61 Å². The first-order valence-electron chi connectivity index (χ1n) is 5.12. The Balaban J connectivity index is 2.02. The van der Waals surface area contributed by atoms with Crippen molar-refractivity contribution >= 4 is 15.9 Å². The van der Waals surface area contributed by atoms with Gasteiger partial charge in [0.2, 0.25) is 0 Å². The Hall–Kier alpha value is -0.390. The van der Waals surface area contributed by atoms with Gasteiger partial charge in [0, 0.05) is 7.05 Å². The molecule has 1 fully saturated rings. The highest BCUT2D eigenvalue weighted by atomic mass is 79.9. The van der Waals surface area contributed by atoms with Crippen LogP contribution in [-0.2, 0) is 29.5 Å². The summed E-state index contributed by atoms with van der Waals surface area (Å²) in [6.45, 7) is 4.13. The average Bonchev–Trinajstić information content (AvgIpc) is 2.42. The Labute approximate surface area is 97.7 Å². The summed E-state index contributed by atoms with van der Waals surface area (Å²) in [5, 5.41) is 4.41. The fraction of sp³-hybridized carbons (Fsp3) is 0.700. The zero-order valence-electron chi connectivity index (χ0n) is 8.99. The molecule has 1 aromatic heterocycles. The molecule has 0 radical (unpaired) electrons. The predicted molar refractivity (Wildman–Crippen MR) is 59.7 cm³/mol. The fourth-order valence-electron chi connectivity index (χ4n) is 1.48.